The summed E-state index contributed by atoms with van der Waals surface area (Å²) in [5.74, 6) is 0.270. The Bertz CT molecular complexity index is 324. The molecule has 1 unspecified atom stereocenters. The van der Waals surface area contributed by atoms with E-state index in [4.69, 9.17) is 0 Å². The number of halogens is 1. The van der Waals surface area contributed by atoms with Crippen LogP contribution in [-0.2, 0) is 0 Å². The van der Waals surface area contributed by atoms with E-state index in [1.54, 1.807) is 12.3 Å². The molecule has 17 heavy (non-hydrogen) atoms. The fourth-order valence-electron chi connectivity index (χ4n) is 2.23. The predicted molar refractivity (Wildman–Crippen MR) is 69.3 cm³/mol. The molecule has 0 aromatic carbocycles. The van der Waals surface area contributed by atoms with Gasteiger partial charge in [0, 0.05) is 17.8 Å². The summed E-state index contributed by atoms with van der Waals surface area (Å²) in [6.45, 7) is 7.37. The van der Waals surface area contributed by atoms with E-state index in [9.17, 15) is 4.39 Å². The third kappa shape index (κ3) is 3.77. The van der Waals surface area contributed by atoms with Gasteiger partial charge in [-0.3, -0.25) is 4.98 Å². The lowest BCUT2D eigenvalue weighted by atomic mass is 9.89. The van der Waals surface area contributed by atoms with E-state index in [2.05, 4.69) is 31.1 Å². The van der Waals surface area contributed by atoms with Crippen LogP contribution in [0.25, 0.3) is 0 Å². The van der Waals surface area contributed by atoms with Crippen molar-refractivity contribution >= 4 is 0 Å². The second kappa shape index (κ2) is 7.38. The molecule has 1 N–H and O–H groups in total. The van der Waals surface area contributed by atoms with Crippen LogP contribution in [0.1, 0.15) is 51.6 Å². The average Bonchev–Trinajstić information content (AvgIpc) is 2.36. The molecule has 1 heterocycles. The lowest BCUT2D eigenvalue weighted by molar-refractivity contribution is 0.332. The Hall–Kier alpha value is -0.960. The fourth-order valence-corrected chi connectivity index (χ4v) is 2.23. The summed E-state index contributed by atoms with van der Waals surface area (Å²) in [5.41, 5.74) is 0.752. The van der Waals surface area contributed by atoms with Gasteiger partial charge in [-0.1, -0.05) is 33.6 Å². The Kier molecular flexibility index (Phi) is 6.12. The van der Waals surface area contributed by atoms with Crippen molar-refractivity contribution in [3.8, 4) is 0 Å². The van der Waals surface area contributed by atoms with E-state index < -0.39 is 0 Å². The molecule has 96 valence electrons. The van der Waals surface area contributed by atoms with Crippen molar-refractivity contribution in [2.45, 2.75) is 46.1 Å². The van der Waals surface area contributed by atoms with Crippen molar-refractivity contribution in [1.29, 1.82) is 0 Å². The minimum atomic E-state index is -0.201. The normalized spacial score (nSPS) is 13.0. The van der Waals surface area contributed by atoms with Crippen molar-refractivity contribution in [1.82, 2.24) is 10.3 Å². The molecule has 0 saturated carbocycles. The van der Waals surface area contributed by atoms with Gasteiger partial charge in [-0.25, -0.2) is 4.39 Å². The lowest BCUT2D eigenvalue weighted by Crippen LogP contribution is -2.29. The van der Waals surface area contributed by atoms with Gasteiger partial charge < -0.3 is 5.32 Å². The van der Waals surface area contributed by atoms with Gasteiger partial charge in [0.1, 0.15) is 5.82 Å². The first kappa shape index (κ1) is 14.1. The molecule has 1 atom stereocenters. The molecule has 0 aliphatic carbocycles. The highest BCUT2D eigenvalue weighted by Crippen LogP contribution is 2.28. The molecule has 0 radical (unpaired) electrons. The van der Waals surface area contributed by atoms with E-state index in [0.717, 1.165) is 31.4 Å². The first-order valence-corrected chi connectivity index (χ1v) is 6.57. The van der Waals surface area contributed by atoms with Crippen molar-refractivity contribution in [3.63, 3.8) is 0 Å². The molecular formula is C14H23FN2. The maximum atomic E-state index is 13.8. The van der Waals surface area contributed by atoms with Crippen LogP contribution in [-0.4, -0.2) is 11.5 Å². The van der Waals surface area contributed by atoms with Crippen LogP contribution in [0, 0.1) is 11.7 Å². The molecule has 0 saturated heterocycles. The smallest absolute Gasteiger partial charge is 0.146 e. The molecule has 0 bridgehead atoms. The van der Waals surface area contributed by atoms with E-state index in [1.807, 2.05) is 0 Å². The highest BCUT2D eigenvalue weighted by Gasteiger charge is 2.22. The zero-order chi connectivity index (χ0) is 12.7. The molecule has 1 aromatic rings. The highest BCUT2D eigenvalue weighted by atomic mass is 19.1. The zero-order valence-corrected chi connectivity index (χ0v) is 11.0. The standard InChI is InChI=1S/C14H23FN2/c1-4-8-17-14(11(5-2)6-3)12-7-9-16-10-13(12)15/h7,9-11,14,17H,4-6,8H2,1-3H3. The number of aromatic nitrogens is 1. The van der Waals surface area contributed by atoms with Crippen molar-refractivity contribution in [2.75, 3.05) is 6.54 Å². The van der Waals surface area contributed by atoms with Crippen LogP contribution in [0.2, 0.25) is 0 Å². The maximum Gasteiger partial charge on any atom is 0.146 e. The van der Waals surface area contributed by atoms with Crippen LogP contribution in [0.15, 0.2) is 18.5 Å². The van der Waals surface area contributed by atoms with E-state index in [1.165, 1.54) is 6.20 Å². The minimum Gasteiger partial charge on any atom is -0.310 e. The number of rotatable bonds is 7. The van der Waals surface area contributed by atoms with Gasteiger partial charge in [-0.15, -0.1) is 0 Å². The number of pyridine rings is 1. The third-order valence-electron chi connectivity index (χ3n) is 3.27. The monoisotopic (exact) mass is 238 g/mol. The summed E-state index contributed by atoms with van der Waals surface area (Å²) >= 11 is 0. The molecular weight excluding hydrogens is 215 g/mol. The Morgan fingerprint density at radius 1 is 1.29 bits per heavy atom. The van der Waals surface area contributed by atoms with Gasteiger partial charge in [0.05, 0.1) is 6.20 Å². The molecule has 0 aliphatic rings. The van der Waals surface area contributed by atoms with Crippen LogP contribution in [0.4, 0.5) is 4.39 Å². The van der Waals surface area contributed by atoms with Crippen LogP contribution in [0.3, 0.4) is 0 Å². The Morgan fingerprint density at radius 3 is 2.53 bits per heavy atom. The van der Waals surface area contributed by atoms with Crippen LogP contribution in [0.5, 0.6) is 0 Å². The summed E-state index contributed by atoms with van der Waals surface area (Å²) in [7, 11) is 0. The van der Waals surface area contributed by atoms with Crippen molar-refractivity contribution in [2.24, 2.45) is 5.92 Å². The zero-order valence-electron chi connectivity index (χ0n) is 11.0. The maximum absolute atomic E-state index is 13.8. The summed E-state index contributed by atoms with van der Waals surface area (Å²) in [5, 5.41) is 3.46. The summed E-state index contributed by atoms with van der Waals surface area (Å²) in [6.07, 6.45) is 6.14. The summed E-state index contributed by atoms with van der Waals surface area (Å²) in [4.78, 5) is 3.82. The van der Waals surface area contributed by atoms with Crippen molar-refractivity contribution in [3.05, 3.63) is 29.8 Å². The Morgan fingerprint density at radius 2 is 2.00 bits per heavy atom. The van der Waals surface area contributed by atoms with Gasteiger partial charge >= 0.3 is 0 Å². The minimum absolute atomic E-state index is 0.105. The summed E-state index contributed by atoms with van der Waals surface area (Å²) < 4.78 is 13.8. The lowest BCUT2D eigenvalue weighted by Gasteiger charge is -2.27. The average molecular weight is 238 g/mol. The van der Waals surface area contributed by atoms with E-state index in [-0.39, 0.29) is 11.9 Å². The van der Waals surface area contributed by atoms with Gasteiger partial charge in [0.2, 0.25) is 0 Å². The fraction of sp³-hybridized carbons (Fsp3) is 0.643. The topological polar surface area (TPSA) is 24.9 Å². The number of nitrogens with zero attached hydrogens (tertiary/aromatic N) is 1. The quantitative estimate of drug-likeness (QED) is 0.783. The van der Waals surface area contributed by atoms with Crippen LogP contribution >= 0.6 is 0 Å². The molecule has 0 amide bonds. The van der Waals surface area contributed by atoms with Gasteiger partial charge in [-0.2, -0.15) is 0 Å². The first-order valence-electron chi connectivity index (χ1n) is 6.57. The second-order valence-corrected chi connectivity index (χ2v) is 4.41. The molecule has 0 aliphatic heterocycles. The van der Waals surface area contributed by atoms with Crippen LogP contribution < -0.4 is 5.32 Å². The van der Waals surface area contributed by atoms with Gasteiger partial charge in [-0.05, 0) is 24.9 Å². The second-order valence-electron chi connectivity index (χ2n) is 4.41. The molecule has 0 spiro atoms. The third-order valence-corrected chi connectivity index (χ3v) is 3.27. The molecule has 3 heteroatoms. The first-order chi connectivity index (χ1) is 8.24. The summed E-state index contributed by atoms with van der Waals surface area (Å²) in [6, 6.07) is 1.90. The Labute approximate surface area is 104 Å². The van der Waals surface area contributed by atoms with E-state index >= 15 is 0 Å². The predicted octanol–water partition coefficient (Wildman–Crippen LogP) is 3.70. The number of hydrogen-bond acceptors (Lipinski definition) is 2. The van der Waals surface area contributed by atoms with Crippen molar-refractivity contribution < 1.29 is 4.39 Å². The largest absolute Gasteiger partial charge is 0.310 e. The molecule has 1 rings (SSSR count). The Balaban J connectivity index is 2.92. The van der Waals surface area contributed by atoms with Gasteiger partial charge in [0.15, 0.2) is 0 Å². The number of nitrogens with one attached hydrogen (secondary N) is 1. The highest BCUT2D eigenvalue weighted by molar-refractivity contribution is 5.18. The van der Waals surface area contributed by atoms with Gasteiger partial charge in [0.25, 0.3) is 0 Å². The number of hydrogen-bond donors (Lipinski definition) is 1. The molecule has 0 fully saturated rings. The van der Waals surface area contributed by atoms with E-state index in [0.29, 0.717) is 5.92 Å². The molecule has 1 aromatic heterocycles. The SMILES string of the molecule is CCCNC(c1ccncc1F)C(CC)CC. The molecule has 2 nitrogen and oxygen atoms in total.